The minimum absolute atomic E-state index is 0.331. The second-order valence-corrected chi connectivity index (χ2v) is 6.46. The Morgan fingerprint density at radius 1 is 1.32 bits per heavy atom. The molecule has 8 nitrogen and oxygen atoms in total. The molecular formula is C16H16N6O2S. The van der Waals surface area contributed by atoms with E-state index in [1.807, 2.05) is 30.8 Å². The number of fused-ring (bicyclic) bond motifs is 3. The molecule has 0 aliphatic heterocycles. The Bertz CT molecular complexity index is 1090. The lowest BCUT2D eigenvalue weighted by Crippen LogP contribution is -2.03. The van der Waals surface area contributed by atoms with Gasteiger partial charge in [0.05, 0.1) is 12.0 Å². The largest absolute Gasteiger partial charge is 0.462 e. The maximum Gasteiger partial charge on any atom is 0.348 e. The first kappa shape index (κ1) is 15.7. The third kappa shape index (κ3) is 2.47. The number of thiophene rings is 1. The predicted molar refractivity (Wildman–Crippen MR) is 93.8 cm³/mol. The Morgan fingerprint density at radius 2 is 2.16 bits per heavy atom. The van der Waals surface area contributed by atoms with Crippen LogP contribution in [0.2, 0.25) is 0 Å². The number of aromatic nitrogens is 6. The van der Waals surface area contributed by atoms with E-state index in [4.69, 9.17) is 4.74 Å². The summed E-state index contributed by atoms with van der Waals surface area (Å²) in [6.45, 7) is 6.81. The van der Waals surface area contributed by atoms with Crippen molar-refractivity contribution < 1.29 is 9.53 Å². The van der Waals surface area contributed by atoms with Crippen LogP contribution >= 0.6 is 11.3 Å². The number of carbonyl (C=O) groups excluding carboxylic acids is 1. The molecule has 0 fully saturated rings. The molecule has 0 aliphatic rings. The molecule has 4 aromatic rings. The zero-order valence-electron chi connectivity index (χ0n) is 14.1. The van der Waals surface area contributed by atoms with Crippen LogP contribution < -0.4 is 0 Å². The average molecular weight is 356 g/mol. The van der Waals surface area contributed by atoms with Crippen LogP contribution in [0.1, 0.15) is 29.1 Å². The molecular weight excluding hydrogens is 340 g/mol. The summed E-state index contributed by atoms with van der Waals surface area (Å²) >= 11 is 1.31. The van der Waals surface area contributed by atoms with Crippen molar-refractivity contribution in [3.8, 4) is 11.5 Å². The minimum atomic E-state index is -0.331. The van der Waals surface area contributed by atoms with Crippen molar-refractivity contribution in [3.63, 3.8) is 0 Å². The number of aryl methyl sites for hydroxylation is 2. The van der Waals surface area contributed by atoms with Gasteiger partial charge in [-0.15, -0.1) is 16.4 Å². The van der Waals surface area contributed by atoms with E-state index < -0.39 is 0 Å². The highest BCUT2D eigenvalue weighted by Crippen LogP contribution is 2.32. The molecule has 0 unspecified atom stereocenters. The maximum atomic E-state index is 12.1. The summed E-state index contributed by atoms with van der Waals surface area (Å²) in [6.07, 6.45) is 3.50. The van der Waals surface area contributed by atoms with E-state index in [0.29, 0.717) is 28.6 Å². The number of nitrogens with zero attached hydrogens (tertiary/aromatic N) is 6. The monoisotopic (exact) mass is 356 g/mol. The first-order chi connectivity index (χ1) is 12.1. The van der Waals surface area contributed by atoms with Crippen molar-refractivity contribution in [2.45, 2.75) is 27.3 Å². The number of rotatable bonds is 4. The molecule has 25 heavy (non-hydrogen) atoms. The second-order valence-electron chi connectivity index (χ2n) is 5.46. The van der Waals surface area contributed by atoms with Crippen LogP contribution in [0.5, 0.6) is 0 Å². The summed E-state index contributed by atoms with van der Waals surface area (Å²) in [5.74, 6) is 0.201. The summed E-state index contributed by atoms with van der Waals surface area (Å²) in [4.78, 5) is 22.5. The highest BCUT2D eigenvalue weighted by molar-refractivity contribution is 7.20. The van der Waals surface area contributed by atoms with E-state index in [9.17, 15) is 4.79 Å². The standard InChI is InChI=1S/C16H16N6O2S/c1-4-21-7-6-10(19-21)13-18-14-11-9(3)12(16(23)24-5-2)25-15(11)17-8-22(14)20-13/h6-8H,4-5H2,1-3H3. The quantitative estimate of drug-likeness (QED) is 0.523. The van der Waals surface area contributed by atoms with Crippen LogP contribution in [0.3, 0.4) is 0 Å². The van der Waals surface area contributed by atoms with E-state index in [0.717, 1.165) is 22.3 Å². The van der Waals surface area contributed by atoms with Crippen molar-refractivity contribution in [1.29, 1.82) is 0 Å². The van der Waals surface area contributed by atoms with E-state index in [2.05, 4.69) is 20.2 Å². The van der Waals surface area contributed by atoms with Gasteiger partial charge in [-0.25, -0.2) is 19.3 Å². The van der Waals surface area contributed by atoms with Gasteiger partial charge in [0.15, 0.2) is 5.65 Å². The number of ether oxygens (including phenoxy) is 1. The third-order valence-electron chi connectivity index (χ3n) is 3.92. The zero-order chi connectivity index (χ0) is 17.6. The van der Waals surface area contributed by atoms with E-state index in [-0.39, 0.29) is 5.97 Å². The van der Waals surface area contributed by atoms with Crippen molar-refractivity contribution in [1.82, 2.24) is 29.4 Å². The van der Waals surface area contributed by atoms with Gasteiger partial charge < -0.3 is 4.74 Å². The van der Waals surface area contributed by atoms with Crippen LogP contribution in [-0.2, 0) is 11.3 Å². The van der Waals surface area contributed by atoms with Gasteiger partial charge in [0.1, 0.15) is 21.7 Å². The molecule has 128 valence electrons. The molecule has 0 saturated carbocycles. The number of esters is 1. The Hall–Kier alpha value is -2.81. The van der Waals surface area contributed by atoms with E-state index >= 15 is 0 Å². The van der Waals surface area contributed by atoms with Crippen LogP contribution in [0.25, 0.3) is 27.4 Å². The first-order valence-corrected chi connectivity index (χ1v) is 8.79. The summed E-state index contributed by atoms with van der Waals surface area (Å²) < 4.78 is 8.57. The molecule has 0 saturated heterocycles. The normalized spacial score (nSPS) is 11.5. The summed E-state index contributed by atoms with van der Waals surface area (Å²) in [5, 5.41) is 9.73. The van der Waals surface area contributed by atoms with Gasteiger partial charge in [0, 0.05) is 12.7 Å². The van der Waals surface area contributed by atoms with Gasteiger partial charge in [-0.2, -0.15) is 5.10 Å². The second kappa shape index (κ2) is 5.92. The molecule has 0 atom stereocenters. The van der Waals surface area contributed by atoms with Crippen LogP contribution in [0.4, 0.5) is 0 Å². The predicted octanol–water partition coefficient (Wildman–Crippen LogP) is 2.71. The topological polar surface area (TPSA) is 87.2 Å². The Balaban J connectivity index is 1.89. The van der Waals surface area contributed by atoms with Crippen LogP contribution in [-0.4, -0.2) is 41.9 Å². The summed E-state index contributed by atoms with van der Waals surface area (Å²) in [6, 6.07) is 1.88. The fourth-order valence-electron chi connectivity index (χ4n) is 2.69. The number of hydrogen-bond donors (Lipinski definition) is 0. The van der Waals surface area contributed by atoms with E-state index in [1.165, 1.54) is 11.3 Å². The number of hydrogen-bond acceptors (Lipinski definition) is 7. The fraction of sp³-hybridized carbons (Fsp3) is 0.312. The minimum Gasteiger partial charge on any atom is -0.462 e. The highest BCUT2D eigenvalue weighted by Gasteiger charge is 2.21. The smallest absolute Gasteiger partial charge is 0.348 e. The van der Waals surface area contributed by atoms with Gasteiger partial charge in [-0.3, -0.25) is 4.68 Å². The third-order valence-corrected chi connectivity index (χ3v) is 5.10. The van der Waals surface area contributed by atoms with Gasteiger partial charge in [0.25, 0.3) is 0 Å². The lowest BCUT2D eigenvalue weighted by Gasteiger charge is -1.99. The fourth-order valence-corrected chi connectivity index (χ4v) is 3.73. The average Bonchev–Trinajstić information content (AvgIpc) is 3.30. The van der Waals surface area contributed by atoms with Crippen molar-refractivity contribution in [2.75, 3.05) is 6.61 Å². The van der Waals surface area contributed by atoms with Crippen LogP contribution in [0.15, 0.2) is 18.6 Å². The van der Waals surface area contributed by atoms with Gasteiger partial charge in [0.2, 0.25) is 5.82 Å². The molecule has 9 heteroatoms. The molecule has 0 aromatic carbocycles. The molecule has 4 heterocycles. The van der Waals surface area contributed by atoms with Gasteiger partial charge in [-0.1, -0.05) is 0 Å². The molecule has 0 aliphatic carbocycles. The molecule has 0 bridgehead atoms. The van der Waals surface area contributed by atoms with Gasteiger partial charge in [-0.05, 0) is 32.4 Å². The molecule has 4 rings (SSSR count). The lowest BCUT2D eigenvalue weighted by molar-refractivity contribution is 0.0531. The lowest BCUT2D eigenvalue weighted by atomic mass is 10.2. The summed E-state index contributed by atoms with van der Waals surface area (Å²) in [7, 11) is 0. The highest BCUT2D eigenvalue weighted by atomic mass is 32.1. The maximum absolute atomic E-state index is 12.1. The Kier molecular flexibility index (Phi) is 3.72. The first-order valence-electron chi connectivity index (χ1n) is 7.97. The van der Waals surface area contributed by atoms with Crippen molar-refractivity contribution in [2.24, 2.45) is 0 Å². The van der Waals surface area contributed by atoms with Crippen molar-refractivity contribution >= 4 is 33.2 Å². The van der Waals surface area contributed by atoms with Gasteiger partial charge >= 0.3 is 5.97 Å². The molecule has 0 amide bonds. The molecule has 0 radical (unpaired) electrons. The number of carbonyl (C=O) groups is 1. The molecule has 0 spiro atoms. The summed E-state index contributed by atoms with van der Waals surface area (Å²) in [5.41, 5.74) is 2.18. The zero-order valence-corrected chi connectivity index (χ0v) is 14.9. The van der Waals surface area contributed by atoms with E-state index in [1.54, 1.807) is 17.8 Å². The molecule has 4 aromatic heterocycles. The van der Waals surface area contributed by atoms with Crippen molar-refractivity contribution in [3.05, 3.63) is 29.0 Å². The SMILES string of the molecule is CCOC(=O)c1sc2ncn3nc(-c4ccn(CC)n4)nc3c2c1C. The Morgan fingerprint density at radius 3 is 2.88 bits per heavy atom. The molecule has 0 N–H and O–H groups in total. The van der Waals surface area contributed by atoms with Crippen LogP contribution in [0, 0.1) is 6.92 Å². The Labute approximate surface area is 147 Å².